The zero-order valence-electron chi connectivity index (χ0n) is 9.06. The van der Waals surface area contributed by atoms with Crippen LogP contribution in [0.15, 0.2) is 0 Å². The van der Waals surface area contributed by atoms with Gasteiger partial charge in [-0.2, -0.15) is 0 Å². The molecule has 2 amide bonds. The molecule has 9 heteroatoms. The SMILES string of the molecule is CNS(=O)(=O)CCNC(=O)N(C)CC(=O)O. The summed E-state index contributed by atoms with van der Waals surface area (Å²) in [5, 5.41) is 10.7. The minimum Gasteiger partial charge on any atom is -0.480 e. The molecule has 94 valence electrons. The van der Waals surface area contributed by atoms with Crippen molar-refractivity contribution in [2.45, 2.75) is 0 Å². The molecule has 0 atom stereocenters. The summed E-state index contributed by atoms with van der Waals surface area (Å²) in [5.74, 6) is -1.39. The molecular formula is C7H15N3O5S. The van der Waals surface area contributed by atoms with Crippen molar-refractivity contribution in [1.29, 1.82) is 0 Å². The molecule has 0 spiro atoms. The summed E-state index contributed by atoms with van der Waals surface area (Å²) in [5.41, 5.74) is 0. The molecule has 0 saturated carbocycles. The third-order valence-electron chi connectivity index (χ3n) is 1.68. The first kappa shape index (κ1) is 14.6. The van der Waals surface area contributed by atoms with Crippen molar-refractivity contribution in [1.82, 2.24) is 14.9 Å². The number of carboxylic acid groups (broad SMARTS) is 1. The third kappa shape index (κ3) is 6.19. The van der Waals surface area contributed by atoms with Gasteiger partial charge in [-0.1, -0.05) is 0 Å². The number of nitrogens with zero attached hydrogens (tertiary/aromatic N) is 1. The molecule has 3 N–H and O–H groups in total. The molecule has 0 fully saturated rings. The largest absolute Gasteiger partial charge is 0.480 e. The van der Waals surface area contributed by atoms with E-state index < -0.39 is 28.6 Å². The lowest BCUT2D eigenvalue weighted by Crippen LogP contribution is -2.42. The molecule has 16 heavy (non-hydrogen) atoms. The van der Waals surface area contributed by atoms with Gasteiger partial charge in [0.05, 0.1) is 5.75 Å². The molecule has 0 aromatic carbocycles. The van der Waals surface area contributed by atoms with E-state index in [0.717, 1.165) is 4.90 Å². The Kier molecular flexibility index (Phi) is 5.75. The highest BCUT2D eigenvalue weighted by Gasteiger charge is 2.12. The summed E-state index contributed by atoms with van der Waals surface area (Å²) < 4.78 is 24.0. The van der Waals surface area contributed by atoms with Crippen molar-refractivity contribution in [2.75, 3.05) is 32.9 Å². The van der Waals surface area contributed by atoms with E-state index in [2.05, 4.69) is 10.0 Å². The van der Waals surface area contributed by atoms with Crippen molar-refractivity contribution in [2.24, 2.45) is 0 Å². The fourth-order valence-electron chi connectivity index (χ4n) is 0.804. The summed E-state index contributed by atoms with van der Waals surface area (Å²) >= 11 is 0. The molecule has 0 rings (SSSR count). The zero-order valence-corrected chi connectivity index (χ0v) is 9.87. The molecule has 0 aromatic rings. The van der Waals surface area contributed by atoms with Crippen molar-refractivity contribution in [3.8, 4) is 0 Å². The molecule has 0 bridgehead atoms. The Balaban J connectivity index is 3.95. The van der Waals surface area contributed by atoms with Gasteiger partial charge in [0.1, 0.15) is 6.54 Å². The van der Waals surface area contributed by atoms with E-state index >= 15 is 0 Å². The summed E-state index contributed by atoms with van der Waals surface area (Å²) in [6.07, 6.45) is 0. The molecule has 0 aliphatic rings. The van der Waals surface area contributed by atoms with Gasteiger partial charge >= 0.3 is 12.0 Å². The number of carboxylic acids is 1. The van der Waals surface area contributed by atoms with Crippen LogP contribution in [0.5, 0.6) is 0 Å². The number of aliphatic carboxylic acids is 1. The van der Waals surface area contributed by atoms with Crippen molar-refractivity contribution in [3.05, 3.63) is 0 Å². The van der Waals surface area contributed by atoms with E-state index in [4.69, 9.17) is 5.11 Å². The highest BCUT2D eigenvalue weighted by Crippen LogP contribution is 1.85. The molecule has 0 aromatic heterocycles. The normalized spacial score (nSPS) is 10.9. The highest BCUT2D eigenvalue weighted by molar-refractivity contribution is 7.89. The molecule has 0 radical (unpaired) electrons. The first-order valence-electron chi connectivity index (χ1n) is 4.40. The first-order valence-corrected chi connectivity index (χ1v) is 6.05. The molecule has 8 nitrogen and oxygen atoms in total. The Morgan fingerprint density at radius 1 is 1.38 bits per heavy atom. The summed E-state index contributed by atoms with van der Waals surface area (Å²) in [6, 6.07) is -0.631. The number of carbonyl (C=O) groups is 2. The topological polar surface area (TPSA) is 116 Å². The van der Waals surface area contributed by atoms with Crippen LogP contribution >= 0.6 is 0 Å². The smallest absolute Gasteiger partial charge is 0.323 e. The third-order valence-corrected chi connectivity index (χ3v) is 3.04. The van der Waals surface area contributed by atoms with Crippen LogP contribution < -0.4 is 10.0 Å². The van der Waals surface area contributed by atoms with Gasteiger partial charge in [0.2, 0.25) is 10.0 Å². The minimum absolute atomic E-state index is 0.0774. The van der Waals surface area contributed by atoms with E-state index in [1.165, 1.54) is 14.1 Å². The first-order chi connectivity index (χ1) is 7.28. The van der Waals surface area contributed by atoms with Gasteiger partial charge in [0.15, 0.2) is 0 Å². The van der Waals surface area contributed by atoms with Crippen molar-refractivity contribution >= 4 is 22.0 Å². The lowest BCUT2D eigenvalue weighted by Gasteiger charge is -2.15. The Morgan fingerprint density at radius 2 is 1.94 bits per heavy atom. The van der Waals surface area contributed by atoms with Crippen molar-refractivity contribution < 1.29 is 23.1 Å². The average Bonchev–Trinajstić information content (AvgIpc) is 2.16. The van der Waals surface area contributed by atoms with Crippen LogP contribution in [-0.4, -0.2) is 63.4 Å². The van der Waals surface area contributed by atoms with Crippen LogP contribution in [0.4, 0.5) is 4.79 Å². The maximum absolute atomic E-state index is 11.2. The number of hydrogen-bond acceptors (Lipinski definition) is 4. The zero-order chi connectivity index (χ0) is 12.8. The molecule has 0 aliphatic heterocycles. The fraction of sp³-hybridized carbons (Fsp3) is 0.714. The summed E-state index contributed by atoms with van der Waals surface area (Å²) in [4.78, 5) is 22.4. The van der Waals surface area contributed by atoms with Gasteiger partial charge in [-0.3, -0.25) is 4.79 Å². The monoisotopic (exact) mass is 253 g/mol. The van der Waals surface area contributed by atoms with Crippen LogP contribution in [0.2, 0.25) is 0 Å². The van der Waals surface area contributed by atoms with Gasteiger partial charge in [0, 0.05) is 13.6 Å². The number of hydrogen-bond donors (Lipinski definition) is 3. The summed E-state index contributed by atoms with van der Waals surface area (Å²) in [7, 11) is -0.790. The second-order valence-corrected chi connectivity index (χ2v) is 5.05. The van der Waals surface area contributed by atoms with Gasteiger partial charge in [0.25, 0.3) is 0 Å². The van der Waals surface area contributed by atoms with Gasteiger partial charge in [-0.25, -0.2) is 17.9 Å². The number of carbonyl (C=O) groups excluding carboxylic acids is 1. The predicted molar refractivity (Wildman–Crippen MR) is 56.5 cm³/mol. The average molecular weight is 253 g/mol. The van der Waals surface area contributed by atoms with E-state index in [9.17, 15) is 18.0 Å². The van der Waals surface area contributed by atoms with E-state index in [1.807, 2.05) is 0 Å². The maximum atomic E-state index is 11.2. The molecule has 0 aliphatic carbocycles. The van der Waals surface area contributed by atoms with Crippen LogP contribution in [-0.2, 0) is 14.8 Å². The Bertz CT molecular complexity index is 353. The maximum Gasteiger partial charge on any atom is 0.323 e. The fourth-order valence-corrected chi connectivity index (χ4v) is 1.38. The van der Waals surface area contributed by atoms with Crippen LogP contribution in [0.3, 0.4) is 0 Å². The summed E-state index contributed by atoms with van der Waals surface area (Å²) in [6.45, 7) is -0.517. The van der Waals surface area contributed by atoms with E-state index in [1.54, 1.807) is 0 Å². The van der Waals surface area contributed by atoms with Crippen LogP contribution in [0.25, 0.3) is 0 Å². The Hall–Kier alpha value is -1.35. The quantitative estimate of drug-likeness (QED) is 0.519. The molecule has 0 heterocycles. The van der Waals surface area contributed by atoms with Gasteiger partial charge in [-0.05, 0) is 7.05 Å². The van der Waals surface area contributed by atoms with Crippen molar-refractivity contribution in [3.63, 3.8) is 0 Å². The minimum atomic E-state index is -3.36. The molecular weight excluding hydrogens is 238 g/mol. The van der Waals surface area contributed by atoms with Gasteiger partial charge in [-0.15, -0.1) is 0 Å². The Morgan fingerprint density at radius 3 is 2.38 bits per heavy atom. The number of sulfonamides is 1. The van der Waals surface area contributed by atoms with E-state index in [0.29, 0.717) is 0 Å². The standard InChI is InChI=1S/C7H15N3O5S/c1-8-16(14,15)4-3-9-7(13)10(2)5-6(11)12/h8H,3-5H2,1-2H3,(H,9,13)(H,11,12). The lowest BCUT2D eigenvalue weighted by atomic mass is 10.6. The number of nitrogens with one attached hydrogen (secondary N) is 2. The second kappa shape index (κ2) is 6.28. The second-order valence-electron chi connectivity index (χ2n) is 3.00. The Labute approximate surface area is 93.7 Å². The number of rotatable bonds is 6. The molecule has 0 unspecified atom stereocenters. The van der Waals surface area contributed by atoms with Gasteiger partial charge < -0.3 is 15.3 Å². The van der Waals surface area contributed by atoms with Crippen LogP contribution in [0.1, 0.15) is 0 Å². The van der Waals surface area contributed by atoms with E-state index in [-0.39, 0.29) is 12.3 Å². The predicted octanol–water partition coefficient (Wildman–Crippen LogP) is -1.74. The lowest BCUT2D eigenvalue weighted by molar-refractivity contribution is -0.137. The number of amides is 2. The number of urea groups is 1. The van der Waals surface area contributed by atoms with Crippen LogP contribution in [0, 0.1) is 0 Å². The highest BCUT2D eigenvalue weighted by atomic mass is 32.2. The number of likely N-dealkylation sites (N-methyl/N-ethyl adjacent to an activating group) is 1. The molecule has 0 saturated heterocycles.